The first-order chi connectivity index (χ1) is 10.1. The average Bonchev–Trinajstić information content (AvgIpc) is 3.10. The maximum atomic E-state index is 10.7. The van der Waals surface area contributed by atoms with Gasteiger partial charge in [0.05, 0.1) is 12.7 Å². The first-order valence-electron chi connectivity index (χ1n) is 6.27. The van der Waals surface area contributed by atoms with Crippen LogP contribution in [-0.4, -0.2) is 31.1 Å². The molecule has 0 bridgehead atoms. The van der Waals surface area contributed by atoms with Gasteiger partial charge >= 0.3 is 5.97 Å². The summed E-state index contributed by atoms with van der Waals surface area (Å²) in [5.74, 6) is -0.592. The summed E-state index contributed by atoms with van der Waals surface area (Å²) in [7, 11) is 0. The van der Waals surface area contributed by atoms with Crippen molar-refractivity contribution < 1.29 is 14.3 Å². The Bertz CT molecular complexity index is 774. The topological polar surface area (TPSA) is 94.0 Å². The predicted octanol–water partition coefficient (Wildman–Crippen LogP) is 1.99. The van der Waals surface area contributed by atoms with E-state index in [-0.39, 0.29) is 5.69 Å². The van der Waals surface area contributed by atoms with Gasteiger partial charge < -0.3 is 9.52 Å². The minimum atomic E-state index is -1.11. The van der Waals surface area contributed by atoms with E-state index >= 15 is 0 Å². The highest BCUT2D eigenvalue weighted by Crippen LogP contribution is 2.19. The zero-order valence-electron chi connectivity index (χ0n) is 11.2. The van der Waals surface area contributed by atoms with E-state index in [0.717, 1.165) is 11.1 Å². The molecule has 3 rings (SSSR count). The first kappa shape index (κ1) is 13.0. The van der Waals surface area contributed by atoms with Crippen LogP contribution in [0, 0.1) is 6.92 Å². The molecule has 2 aromatic heterocycles. The number of aryl methyl sites for hydroxylation is 1. The molecular formula is C14H12N4O3. The van der Waals surface area contributed by atoms with Crippen LogP contribution in [0.15, 0.2) is 41.1 Å². The SMILES string of the molecule is Cc1ccc(-c2nc(Cn3cc(C(=O)O)nn3)co2)cc1. The van der Waals surface area contributed by atoms with Gasteiger partial charge in [-0.2, -0.15) is 0 Å². The predicted molar refractivity (Wildman–Crippen MR) is 72.8 cm³/mol. The zero-order chi connectivity index (χ0) is 14.8. The Morgan fingerprint density at radius 1 is 1.33 bits per heavy atom. The second-order valence-electron chi connectivity index (χ2n) is 4.62. The van der Waals surface area contributed by atoms with Gasteiger partial charge in [-0.25, -0.2) is 14.5 Å². The van der Waals surface area contributed by atoms with Crippen LogP contribution in [0.25, 0.3) is 11.5 Å². The van der Waals surface area contributed by atoms with E-state index in [1.165, 1.54) is 17.1 Å². The Labute approximate surface area is 119 Å². The van der Waals surface area contributed by atoms with E-state index in [1.807, 2.05) is 31.2 Å². The monoisotopic (exact) mass is 284 g/mol. The van der Waals surface area contributed by atoms with Crippen molar-refractivity contribution in [3.63, 3.8) is 0 Å². The van der Waals surface area contributed by atoms with Gasteiger partial charge in [0.15, 0.2) is 5.69 Å². The first-order valence-corrected chi connectivity index (χ1v) is 6.27. The highest BCUT2D eigenvalue weighted by Gasteiger charge is 2.11. The molecule has 0 aliphatic rings. The zero-order valence-corrected chi connectivity index (χ0v) is 11.2. The minimum absolute atomic E-state index is 0.0998. The van der Waals surface area contributed by atoms with Crippen molar-refractivity contribution in [2.45, 2.75) is 13.5 Å². The van der Waals surface area contributed by atoms with Gasteiger partial charge in [-0.05, 0) is 19.1 Å². The number of oxazole rings is 1. The second-order valence-corrected chi connectivity index (χ2v) is 4.62. The van der Waals surface area contributed by atoms with Crippen LogP contribution in [0.3, 0.4) is 0 Å². The van der Waals surface area contributed by atoms with E-state index in [1.54, 1.807) is 0 Å². The molecule has 0 amide bonds. The molecule has 7 nitrogen and oxygen atoms in total. The maximum absolute atomic E-state index is 10.7. The molecule has 0 aliphatic heterocycles. The van der Waals surface area contributed by atoms with E-state index in [9.17, 15) is 4.79 Å². The maximum Gasteiger partial charge on any atom is 0.358 e. The largest absolute Gasteiger partial charge is 0.476 e. The molecule has 2 heterocycles. The number of aromatic nitrogens is 4. The summed E-state index contributed by atoms with van der Waals surface area (Å²) in [5, 5.41) is 16.1. The van der Waals surface area contributed by atoms with Crippen molar-refractivity contribution in [1.29, 1.82) is 0 Å². The van der Waals surface area contributed by atoms with Crippen molar-refractivity contribution >= 4 is 5.97 Å². The highest BCUT2D eigenvalue weighted by molar-refractivity contribution is 5.84. The Kier molecular flexibility index (Phi) is 3.23. The molecule has 0 fully saturated rings. The lowest BCUT2D eigenvalue weighted by molar-refractivity contribution is 0.0690. The molecule has 7 heteroatoms. The average molecular weight is 284 g/mol. The number of aromatic carboxylic acids is 1. The van der Waals surface area contributed by atoms with Gasteiger partial charge in [0.25, 0.3) is 0 Å². The molecule has 0 radical (unpaired) electrons. The minimum Gasteiger partial charge on any atom is -0.476 e. The molecule has 0 spiro atoms. The smallest absolute Gasteiger partial charge is 0.358 e. The lowest BCUT2D eigenvalue weighted by atomic mass is 10.1. The molecule has 0 atom stereocenters. The number of benzene rings is 1. The fraction of sp³-hybridized carbons (Fsp3) is 0.143. The summed E-state index contributed by atoms with van der Waals surface area (Å²) in [6.45, 7) is 2.31. The van der Waals surface area contributed by atoms with E-state index in [4.69, 9.17) is 9.52 Å². The van der Waals surface area contributed by atoms with Crippen LogP contribution in [0.5, 0.6) is 0 Å². The molecule has 21 heavy (non-hydrogen) atoms. The Morgan fingerprint density at radius 3 is 2.76 bits per heavy atom. The third-order valence-electron chi connectivity index (χ3n) is 2.93. The standard InChI is InChI=1S/C14H12N4O3/c1-9-2-4-10(5-3-9)13-15-11(8-21-13)6-18-7-12(14(19)20)16-17-18/h2-5,7-8H,6H2,1H3,(H,19,20). The van der Waals surface area contributed by atoms with Crippen LogP contribution in [0.4, 0.5) is 0 Å². The summed E-state index contributed by atoms with van der Waals surface area (Å²) in [5.41, 5.74) is 2.59. The highest BCUT2D eigenvalue weighted by atomic mass is 16.4. The lowest BCUT2D eigenvalue weighted by Gasteiger charge is -1.96. The van der Waals surface area contributed by atoms with Crippen LogP contribution in [0.2, 0.25) is 0 Å². The molecule has 0 saturated heterocycles. The Morgan fingerprint density at radius 2 is 2.10 bits per heavy atom. The van der Waals surface area contributed by atoms with Crippen LogP contribution in [-0.2, 0) is 6.54 Å². The van der Waals surface area contributed by atoms with Gasteiger partial charge in [-0.1, -0.05) is 22.9 Å². The summed E-state index contributed by atoms with van der Waals surface area (Å²) < 4.78 is 6.83. The van der Waals surface area contributed by atoms with Crippen LogP contribution < -0.4 is 0 Å². The number of hydrogen-bond acceptors (Lipinski definition) is 5. The number of carboxylic acids is 1. The van der Waals surface area contributed by atoms with Gasteiger partial charge in [-0.15, -0.1) is 5.10 Å². The van der Waals surface area contributed by atoms with Crippen molar-refractivity contribution in [1.82, 2.24) is 20.0 Å². The molecule has 3 aromatic rings. The van der Waals surface area contributed by atoms with Crippen molar-refractivity contribution in [3.05, 3.63) is 53.7 Å². The fourth-order valence-corrected chi connectivity index (χ4v) is 1.85. The number of hydrogen-bond donors (Lipinski definition) is 1. The number of carboxylic acid groups (broad SMARTS) is 1. The molecular weight excluding hydrogens is 272 g/mol. The molecule has 106 valence electrons. The van der Waals surface area contributed by atoms with Crippen molar-refractivity contribution in [2.24, 2.45) is 0 Å². The Hall–Kier alpha value is -2.96. The van der Waals surface area contributed by atoms with E-state index < -0.39 is 5.97 Å². The van der Waals surface area contributed by atoms with Gasteiger partial charge in [-0.3, -0.25) is 0 Å². The van der Waals surface area contributed by atoms with Gasteiger partial charge in [0.1, 0.15) is 12.0 Å². The summed E-state index contributed by atoms with van der Waals surface area (Å²) in [6, 6.07) is 7.83. The summed E-state index contributed by atoms with van der Waals surface area (Å²) in [4.78, 5) is 15.1. The van der Waals surface area contributed by atoms with E-state index in [0.29, 0.717) is 18.1 Å². The quantitative estimate of drug-likeness (QED) is 0.787. The fourth-order valence-electron chi connectivity index (χ4n) is 1.85. The molecule has 0 unspecified atom stereocenters. The molecule has 1 N–H and O–H groups in total. The van der Waals surface area contributed by atoms with Crippen molar-refractivity contribution in [3.8, 4) is 11.5 Å². The number of carbonyl (C=O) groups is 1. The second kappa shape index (κ2) is 5.20. The number of nitrogens with zero attached hydrogens (tertiary/aromatic N) is 4. The molecule has 1 aromatic carbocycles. The summed E-state index contributed by atoms with van der Waals surface area (Å²) >= 11 is 0. The molecule has 0 aliphatic carbocycles. The van der Waals surface area contributed by atoms with Gasteiger partial charge in [0.2, 0.25) is 5.89 Å². The summed E-state index contributed by atoms with van der Waals surface area (Å²) in [6.07, 6.45) is 2.87. The third kappa shape index (κ3) is 2.81. The number of rotatable bonds is 4. The molecule has 0 saturated carbocycles. The normalized spacial score (nSPS) is 10.7. The lowest BCUT2D eigenvalue weighted by Crippen LogP contribution is -2.01. The van der Waals surface area contributed by atoms with Crippen molar-refractivity contribution in [2.75, 3.05) is 0 Å². The van der Waals surface area contributed by atoms with Gasteiger partial charge in [0, 0.05) is 5.56 Å². The third-order valence-corrected chi connectivity index (χ3v) is 2.93. The van der Waals surface area contributed by atoms with E-state index in [2.05, 4.69) is 15.3 Å². The van der Waals surface area contributed by atoms with Crippen LogP contribution >= 0.6 is 0 Å². The Balaban J connectivity index is 1.78. The van der Waals surface area contributed by atoms with Crippen LogP contribution in [0.1, 0.15) is 21.7 Å².